The Hall–Kier alpha value is -3.07. The van der Waals surface area contributed by atoms with Crippen LogP contribution < -0.4 is 11.1 Å². The van der Waals surface area contributed by atoms with E-state index in [1.807, 2.05) is 4.57 Å². The van der Waals surface area contributed by atoms with E-state index in [4.69, 9.17) is 10.5 Å². The van der Waals surface area contributed by atoms with Crippen molar-refractivity contribution in [1.82, 2.24) is 19.5 Å². The second kappa shape index (κ2) is 5.53. The number of aromatic hydroxyl groups is 2. The predicted octanol–water partition coefficient (Wildman–Crippen LogP) is 1.87. The summed E-state index contributed by atoms with van der Waals surface area (Å²) < 4.78 is 7.49. The summed E-state index contributed by atoms with van der Waals surface area (Å²) in [7, 11) is 0. The third kappa shape index (κ3) is 2.35. The number of imidazole rings is 1. The standard InChI is InChI=1S/C15H16N6O3/c16-15-19-13(18-8-3-1-4-9(22)12(8)23)11-14(20-15)21(7-17-11)10-5-2-6-24-10/h1,3-4,7,10,22-23H,2,5-6H2,(H3,16,18,19,20). The van der Waals surface area contributed by atoms with Gasteiger partial charge in [-0.15, -0.1) is 0 Å². The van der Waals surface area contributed by atoms with Gasteiger partial charge in [0.15, 0.2) is 28.5 Å². The molecule has 1 atom stereocenters. The average Bonchev–Trinajstić information content (AvgIpc) is 3.20. The molecule has 9 heteroatoms. The van der Waals surface area contributed by atoms with Gasteiger partial charge in [-0.3, -0.25) is 4.57 Å². The summed E-state index contributed by atoms with van der Waals surface area (Å²) in [4.78, 5) is 12.8. The normalized spacial score (nSPS) is 17.4. The highest BCUT2D eigenvalue weighted by molar-refractivity contribution is 5.87. The summed E-state index contributed by atoms with van der Waals surface area (Å²) in [6.45, 7) is 0.702. The Kier molecular flexibility index (Phi) is 3.35. The first-order chi connectivity index (χ1) is 11.6. The summed E-state index contributed by atoms with van der Waals surface area (Å²) in [5, 5.41) is 22.5. The van der Waals surface area contributed by atoms with Gasteiger partial charge in [-0.2, -0.15) is 9.97 Å². The molecule has 0 aliphatic carbocycles. The topological polar surface area (TPSA) is 131 Å². The fourth-order valence-electron chi connectivity index (χ4n) is 2.77. The molecule has 1 aliphatic rings. The van der Waals surface area contributed by atoms with Crippen LogP contribution in [0.5, 0.6) is 11.5 Å². The van der Waals surface area contributed by atoms with E-state index in [2.05, 4.69) is 20.3 Å². The number of aromatic nitrogens is 4. The van der Waals surface area contributed by atoms with Gasteiger partial charge in [0, 0.05) is 6.61 Å². The van der Waals surface area contributed by atoms with Crippen molar-refractivity contribution >= 4 is 28.6 Å². The zero-order valence-corrected chi connectivity index (χ0v) is 12.7. The van der Waals surface area contributed by atoms with E-state index in [0.29, 0.717) is 29.3 Å². The maximum Gasteiger partial charge on any atom is 0.224 e. The Labute approximate surface area is 136 Å². The largest absolute Gasteiger partial charge is 0.504 e. The minimum Gasteiger partial charge on any atom is -0.504 e. The Morgan fingerprint density at radius 3 is 2.96 bits per heavy atom. The molecule has 24 heavy (non-hydrogen) atoms. The van der Waals surface area contributed by atoms with Crippen LogP contribution in [0.4, 0.5) is 17.5 Å². The number of ether oxygens (including phenoxy) is 1. The quantitative estimate of drug-likeness (QED) is 0.536. The first kappa shape index (κ1) is 14.5. The molecular weight excluding hydrogens is 312 g/mol. The third-order valence-corrected chi connectivity index (χ3v) is 3.92. The van der Waals surface area contributed by atoms with Crippen molar-refractivity contribution in [2.75, 3.05) is 17.7 Å². The Balaban J connectivity index is 1.79. The van der Waals surface area contributed by atoms with E-state index in [0.717, 1.165) is 12.8 Å². The summed E-state index contributed by atoms with van der Waals surface area (Å²) in [5.41, 5.74) is 7.16. The fourth-order valence-corrected chi connectivity index (χ4v) is 2.77. The van der Waals surface area contributed by atoms with E-state index < -0.39 is 0 Å². The number of hydrogen-bond acceptors (Lipinski definition) is 8. The van der Waals surface area contributed by atoms with Crippen molar-refractivity contribution in [2.45, 2.75) is 19.1 Å². The fraction of sp³-hybridized carbons (Fsp3) is 0.267. The molecule has 1 aliphatic heterocycles. The molecule has 1 aromatic carbocycles. The van der Waals surface area contributed by atoms with Gasteiger partial charge in [0.25, 0.3) is 0 Å². The Morgan fingerprint density at radius 1 is 1.29 bits per heavy atom. The number of anilines is 3. The summed E-state index contributed by atoms with van der Waals surface area (Å²) in [5.74, 6) is -0.0934. The molecule has 1 unspecified atom stereocenters. The van der Waals surface area contributed by atoms with Crippen LogP contribution in [-0.2, 0) is 4.74 Å². The number of benzene rings is 1. The van der Waals surface area contributed by atoms with Crippen LogP contribution in [0.15, 0.2) is 24.5 Å². The van der Waals surface area contributed by atoms with Crippen LogP contribution in [0, 0.1) is 0 Å². The highest BCUT2D eigenvalue weighted by Gasteiger charge is 2.22. The molecule has 9 nitrogen and oxygen atoms in total. The second-order valence-electron chi connectivity index (χ2n) is 5.52. The zero-order valence-electron chi connectivity index (χ0n) is 12.7. The van der Waals surface area contributed by atoms with Gasteiger partial charge in [-0.25, -0.2) is 4.98 Å². The van der Waals surface area contributed by atoms with Gasteiger partial charge < -0.3 is 26.0 Å². The number of nitrogens with zero attached hydrogens (tertiary/aromatic N) is 4. The molecule has 0 spiro atoms. The number of rotatable bonds is 3. The van der Waals surface area contributed by atoms with Crippen LogP contribution in [0.3, 0.4) is 0 Å². The van der Waals surface area contributed by atoms with Crippen LogP contribution in [-0.4, -0.2) is 36.3 Å². The van der Waals surface area contributed by atoms with Gasteiger partial charge in [0.2, 0.25) is 5.95 Å². The van der Waals surface area contributed by atoms with Crippen molar-refractivity contribution in [2.24, 2.45) is 0 Å². The van der Waals surface area contributed by atoms with Gasteiger partial charge in [-0.05, 0) is 25.0 Å². The highest BCUT2D eigenvalue weighted by Crippen LogP contribution is 2.36. The molecule has 3 heterocycles. The number of phenolic OH excluding ortho intramolecular Hbond substituents is 2. The SMILES string of the molecule is Nc1nc(Nc2cccc(O)c2O)c2ncn(C3CCCO3)c2n1. The first-order valence-corrected chi connectivity index (χ1v) is 7.53. The second-order valence-corrected chi connectivity index (χ2v) is 5.52. The maximum atomic E-state index is 9.95. The van der Waals surface area contributed by atoms with Crippen LogP contribution in [0.25, 0.3) is 11.2 Å². The van der Waals surface area contributed by atoms with E-state index in [9.17, 15) is 10.2 Å². The van der Waals surface area contributed by atoms with Gasteiger partial charge in [0.05, 0.1) is 12.0 Å². The molecule has 1 saturated heterocycles. The van der Waals surface area contributed by atoms with Crippen molar-refractivity contribution < 1.29 is 14.9 Å². The molecule has 4 rings (SSSR count). The molecule has 2 aromatic heterocycles. The molecule has 5 N–H and O–H groups in total. The Bertz CT molecular complexity index is 904. The van der Waals surface area contributed by atoms with Crippen molar-refractivity contribution in [3.63, 3.8) is 0 Å². The summed E-state index contributed by atoms with van der Waals surface area (Å²) in [6, 6.07) is 4.59. The summed E-state index contributed by atoms with van der Waals surface area (Å²) in [6.07, 6.45) is 3.38. The van der Waals surface area contributed by atoms with E-state index in [1.165, 1.54) is 6.07 Å². The average molecular weight is 328 g/mol. The van der Waals surface area contributed by atoms with Gasteiger partial charge in [-0.1, -0.05) is 6.07 Å². The van der Waals surface area contributed by atoms with Gasteiger partial charge >= 0.3 is 0 Å². The van der Waals surface area contributed by atoms with E-state index >= 15 is 0 Å². The molecule has 1 fully saturated rings. The number of fused-ring (bicyclic) bond motifs is 1. The number of nitrogens with two attached hydrogens (primary N) is 1. The smallest absolute Gasteiger partial charge is 0.224 e. The minimum atomic E-state index is -0.276. The lowest BCUT2D eigenvalue weighted by Gasteiger charge is -2.12. The summed E-state index contributed by atoms with van der Waals surface area (Å²) >= 11 is 0. The lowest BCUT2D eigenvalue weighted by Crippen LogP contribution is -2.08. The number of hydrogen-bond donors (Lipinski definition) is 4. The molecule has 0 amide bonds. The van der Waals surface area contributed by atoms with Crippen molar-refractivity contribution in [3.05, 3.63) is 24.5 Å². The predicted molar refractivity (Wildman–Crippen MR) is 87.0 cm³/mol. The molecular formula is C15H16N6O3. The lowest BCUT2D eigenvalue weighted by molar-refractivity contribution is 0.0593. The van der Waals surface area contributed by atoms with Crippen molar-refractivity contribution in [3.8, 4) is 11.5 Å². The zero-order chi connectivity index (χ0) is 16.7. The Morgan fingerprint density at radius 2 is 2.17 bits per heavy atom. The number of nitrogens with one attached hydrogen (secondary N) is 1. The molecule has 3 aromatic rings. The van der Waals surface area contributed by atoms with Gasteiger partial charge in [0.1, 0.15) is 6.23 Å². The maximum absolute atomic E-state index is 9.95. The number of para-hydroxylation sites is 1. The molecule has 0 radical (unpaired) electrons. The molecule has 0 bridgehead atoms. The first-order valence-electron chi connectivity index (χ1n) is 7.53. The molecule has 0 saturated carbocycles. The van der Waals surface area contributed by atoms with E-state index in [1.54, 1.807) is 18.5 Å². The molecule has 124 valence electrons. The third-order valence-electron chi connectivity index (χ3n) is 3.92. The number of phenols is 2. The van der Waals surface area contributed by atoms with Crippen LogP contribution in [0.2, 0.25) is 0 Å². The van der Waals surface area contributed by atoms with Crippen LogP contribution >= 0.6 is 0 Å². The van der Waals surface area contributed by atoms with Crippen molar-refractivity contribution in [1.29, 1.82) is 0 Å². The van der Waals surface area contributed by atoms with Crippen LogP contribution in [0.1, 0.15) is 19.1 Å². The highest BCUT2D eigenvalue weighted by atomic mass is 16.5. The minimum absolute atomic E-state index is 0.0735. The van der Waals surface area contributed by atoms with E-state index in [-0.39, 0.29) is 23.7 Å². The number of nitrogen functional groups attached to an aromatic ring is 1. The monoisotopic (exact) mass is 328 g/mol. The lowest BCUT2D eigenvalue weighted by atomic mass is 10.2.